The number of carbonyl (C=O) groups is 2. The standard InChI is InChI=1S/C12H19N5O3/c1-8(10-15-13-7-16(10)2)14-12(20)17-5-3-4-9(6-17)11(18)19/h7-9H,3-6H2,1-2H3,(H,14,20)(H,18,19)/t8?,9-/m1/s1. The van der Waals surface area contributed by atoms with Gasteiger partial charge in [0.15, 0.2) is 5.82 Å². The highest BCUT2D eigenvalue weighted by molar-refractivity contribution is 5.76. The Morgan fingerprint density at radius 3 is 2.90 bits per heavy atom. The number of carbonyl (C=O) groups excluding carboxylic acids is 1. The monoisotopic (exact) mass is 281 g/mol. The van der Waals surface area contributed by atoms with E-state index in [4.69, 9.17) is 5.11 Å². The molecule has 0 bridgehead atoms. The SMILES string of the molecule is CC(NC(=O)N1CCC[C@@H](C(=O)O)C1)c1nncn1C. The van der Waals surface area contributed by atoms with E-state index in [0.29, 0.717) is 25.2 Å². The van der Waals surface area contributed by atoms with Crippen molar-refractivity contribution in [3.8, 4) is 0 Å². The zero-order valence-corrected chi connectivity index (χ0v) is 11.6. The summed E-state index contributed by atoms with van der Waals surface area (Å²) in [5, 5.41) is 19.6. The minimum Gasteiger partial charge on any atom is -0.481 e. The Morgan fingerprint density at radius 2 is 2.30 bits per heavy atom. The summed E-state index contributed by atoms with van der Waals surface area (Å²) in [5.74, 6) is -0.659. The number of aromatic nitrogens is 3. The molecule has 1 aromatic heterocycles. The Bertz CT molecular complexity index is 501. The average Bonchev–Trinajstić information content (AvgIpc) is 2.85. The van der Waals surface area contributed by atoms with Crippen LogP contribution in [-0.2, 0) is 11.8 Å². The minimum atomic E-state index is -0.844. The third-order valence-electron chi connectivity index (χ3n) is 3.53. The summed E-state index contributed by atoms with van der Waals surface area (Å²) in [6.45, 7) is 2.66. The van der Waals surface area contributed by atoms with Crippen molar-refractivity contribution in [1.29, 1.82) is 0 Å². The van der Waals surface area contributed by atoms with E-state index in [0.717, 1.165) is 0 Å². The number of carboxylic acid groups (broad SMARTS) is 1. The Hall–Kier alpha value is -2.12. The number of hydrogen-bond acceptors (Lipinski definition) is 4. The molecule has 1 saturated heterocycles. The second-order valence-corrected chi connectivity index (χ2v) is 5.09. The van der Waals surface area contributed by atoms with E-state index < -0.39 is 11.9 Å². The first-order valence-electron chi connectivity index (χ1n) is 6.61. The molecule has 110 valence electrons. The molecular weight excluding hydrogens is 262 g/mol. The largest absolute Gasteiger partial charge is 0.481 e. The second-order valence-electron chi connectivity index (χ2n) is 5.09. The van der Waals surface area contributed by atoms with E-state index in [2.05, 4.69) is 15.5 Å². The Kier molecular flexibility index (Phi) is 4.21. The lowest BCUT2D eigenvalue weighted by Gasteiger charge is -2.31. The fraction of sp³-hybridized carbons (Fsp3) is 0.667. The zero-order chi connectivity index (χ0) is 14.7. The van der Waals surface area contributed by atoms with Crippen LogP contribution in [0.25, 0.3) is 0 Å². The van der Waals surface area contributed by atoms with E-state index in [1.54, 1.807) is 22.8 Å². The highest BCUT2D eigenvalue weighted by Crippen LogP contribution is 2.17. The van der Waals surface area contributed by atoms with E-state index in [9.17, 15) is 9.59 Å². The molecule has 20 heavy (non-hydrogen) atoms. The number of piperidine rings is 1. The molecule has 2 heterocycles. The topological polar surface area (TPSA) is 100 Å². The van der Waals surface area contributed by atoms with Crippen molar-refractivity contribution in [3.63, 3.8) is 0 Å². The average molecular weight is 281 g/mol. The van der Waals surface area contributed by atoms with Crippen LogP contribution < -0.4 is 5.32 Å². The van der Waals surface area contributed by atoms with Crippen molar-refractivity contribution in [2.75, 3.05) is 13.1 Å². The summed E-state index contributed by atoms with van der Waals surface area (Å²) in [5.41, 5.74) is 0. The maximum absolute atomic E-state index is 12.1. The summed E-state index contributed by atoms with van der Waals surface area (Å²) in [6, 6.07) is -0.536. The van der Waals surface area contributed by atoms with E-state index >= 15 is 0 Å². The number of rotatable bonds is 3. The number of aryl methyl sites for hydroxylation is 1. The predicted molar refractivity (Wildman–Crippen MR) is 69.9 cm³/mol. The quantitative estimate of drug-likeness (QED) is 0.834. The maximum Gasteiger partial charge on any atom is 0.318 e. The molecule has 0 aromatic carbocycles. The normalized spacial score (nSPS) is 20.5. The van der Waals surface area contributed by atoms with Gasteiger partial charge < -0.3 is 19.9 Å². The van der Waals surface area contributed by atoms with Crippen LogP contribution in [0.1, 0.15) is 31.6 Å². The third kappa shape index (κ3) is 3.06. The lowest BCUT2D eigenvalue weighted by Crippen LogP contribution is -2.47. The van der Waals surface area contributed by atoms with Crippen LogP contribution in [0.15, 0.2) is 6.33 Å². The smallest absolute Gasteiger partial charge is 0.318 e. The molecule has 8 heteroatoms. The molecule has 1 aliphatic heterocycles. The first-order chi connectivity index (χ1) is 9.49. The number of likely N-dealkylation sites (tertiary alicyclic amines) is 1. The van der Waals surface area contributed by atoms with Crippen molar-refractivity contribution in [3.05, 3.63) is 12.2 Å². The van der Waals surface area contributed by atoms with E-state index in [-0.39, 0.29) is 18.6 Å². The number of urea groups is 1. The molecule has 1 unspecified atom stereocenters. The van der Waals surface area contributed by atoms with Gasteiger partial charge in [-0.05, 0) is 19.8 Å². The Morgan fingerprint density at radius 1 is 1.55 bits per heavy atom. The summed E-state index contributed by atoms with van der Waals surface area (Å²) >= 11 is 0. The molecule has 1 aromatic rings. The summed E-state index contributed by atoms with van der Waals surface area (Å²) < 4.78 is 1.74. The van der Waals surface area contributed by atoms with Crippen LogP contribution in [0.5, 0.6) is 0 Å². The Labute approximate surface area is 116 Å². The lowest BCUT2D eigenvalue weighted by molar-refractivity contribution is -0.143. The molecule has 2 rings (SSSR count). The van der Waals surface area contributed by atoms with Crippen molar-refractivity contribution in [1.82, 2.24) is 25.0 Å². The van der Waals surface area contributed by atoms with Gasteiger partial charge in [0, 0.05) is 20.1 Å². The fourth-order valence-electron chi connectivity index (χ4n) is 2.39. The summed E-state index contributed by atoms with van der Waals surface area (Å²) in [6.07, 6.45) is 2.90. The first-order valence-corrected chi connectivity index (χ1v) is 6.61. The summed E-state index contributed by atoms with van der Waals surface area (Å²) in [7, 11) is 1.80. The Balaban J connectivity index is 1.94. The van der Waals surface area contributed by atoms with Gasteiger partial charge in [-0.25, -0.2) is 4.79 Å². The van der Waals surface area contributed by atoms with E-state index in [1.807, 2.05) is 6.92 Å². The van der Waals surface area contributed by atoms with Crippen molar-refractivity contribution in [2.45, 2.75) is 25.8 Å². The number of hydrogen-bond donors (Lipinski definition) is 2. The highest BCUT2D eigenvalue weighted by Gasteiger charge is 2.29. The van der Waals surface area contributed by atoms with Gasteiger partial charge in [0.25, 0.3) is 0 Å². The van der Waals surface area contributed by atoms with Gasteiger partial charge in [-0.1, -0.05) is 0 Å². The molecule has 0 aliphatic carbocycles. The predicted octanol–water partition coefficient (Wildman–Crippen LogP) is 0.382. The molecule has 2 atom stereocenters. The van der Waals surface area contributed by atoms with Gasteiger partial charge in [-0.3, -0.25) is 4.79 Å². The van der Waals surface area contributed by atoms with Crippen molar-refractivity contribution < 1.29 is 14.7 Å². The molecule has 1 aliphatic rings. The van der Waals surface area contributed by atoms with Crippen LogP contribution in [0, 0.1) is 5.92 Å². The van der Waals surface area contributed by atoms with Gasteiger partial charge in [-0.15, -0.1) is 10.2 Å². The van der Waals surface area contributed by atoms with Crippen LogP contribution in [0.4, 0.5) is 4.79 Å². The number of nitrogens with one attached hydrogen (secondary N) is 1. The van der Waals surface area contributed by atoms with Gasteiger partial charge in [-0.2, -0.15) is 0 Å². The molecule has 0 saturated carbocycles. The number of nitrogens with zero attached hydrogens (tertiary/aromatic N) is 4. The zero-order valence-electron chi connectivity index (χ0n) is 11.6. The van der Waals surface area contributed by atoms with Crippen molar-refractivity contribution in [2.24, 2.45) is 13.0 Å². The van der Waals surface area contributed by atoms with Crippen LogP contribution in [-0.4, -0.2) is 49.9 Å². The van der Waals surface area contributed by atoms with Gasteiger partial charge in [0.05, 0.1) is 12.0 Å². The maximum atomic E-state index is 12.1. The third-order valence-corrected chi connectivity index (χ3v) is 3.53. The second kappa shape index (κ2) is 5.89. The minimum absolute atomic E-state index is 0.257. The molecule has 0 radical (unpaired) electrons. The van der Waals surface area contributed by atoms with Crippen LogP contribution in [0.2, 0.25) is 0 Å². The van der Waals surface area contributed by atoms with Gasteiger partial charge in [0.2, 0.25) is 0 Å². The lowest BCUT2D eigenvalue weighted by atomic mass is 9.99. The number of carboxylic acids is 1. The van der Waals surface area contributed by atoms with Crippen LogP contribution >= 0.6 is 0 Å². The molecule has 2 amide bonds. The first kappa shape index (κ1) is 14.3. The fourth-order valence-corrected chi connectivity index (χ4v) is 2.39. The van der Waals surface area contributed by atoms with Crippen molar-refractivity contribution >= 4 is 12.0 Å². The highest BCUT2D eigenvalue weighted by atomic mass is 16.4. The number of amides is 2. The van der Waals surface area contributed by atoms with Crippen LogP contribution in [0.3, 0.4) is 0 Å². The molecular formula is C12H19N5O3. The summed E-state index contributed by atoms with van der Waals surface area (Å²) in [4.78, 5) is 24.7. The molecule has 2 N–H and O–H groups in total. The van der Waals surface area contributed by atoms with E-state index in [1.165, 1.54) is 0 Å². The van der Waals surface area contributed by atoms with Gasteiger partial charge in [0.1, 0.15) is 6.33 Å². The molecule has 0 spiro atoms. The molecule has 8 nitrogen and oxygen atoms in total. The molecule has 1 fully saturated rings. The number of aliphatic carboxylic acids is 1. The van der Waals surface area contributed by atoms with Gasteiger partial charge >= 0.3 is 12.0 Å².